The predicted molar refractivity (Wildman–Crippen MR) is 111 cm³/mol. The predicted octanol–water partition coefficient (Wildman–Crippen LogP) is 5.17. The fourth-order valence-corrected chi connectivity index (χ4v) is 4.17. The monoisotopic (exact) mass is 409 g/mol. The van der Waals surface area contributed by atoms with Gasteiger partial charge < -0.3 is 5.32 Å². The molecule has 0 bridgehead atoms. The molecule has 0 fully saturated rings. The second-order valence-electron chi connectivity index (χ2n) is 6.31. The van der Waals surface area contributed by atoms with Gasteiger partial charge in [-0.3, -0.25) is 0 Å². The highest BCUT2D eigenvalue weighted by Gasteiger charge is 2.25. The number of aromatic nitrogens is 2. The molecule has 5 nitrogen and oxygen atoms in total. The molecule has 0 radical (unpaired) electrons. The maximum Gasteiger partial charge on any atom is 0.227 e. The number of aryl methyl sites for hydroxylation is 1. The standard InChI is InChI=1S/C21H16ClN3O2S/c1-14-6-12-17(13-7-14)28(26,27)21-20(23-16-10-8-15(22)9-11-16)24-18-4-2-3-5-19(18)25-21/h2-13H,1H3,(H,23,24). The van der Waals surface area contributed by atoms with Gasteiger partial charge in [-0.15, -0.1) is 0 Å². The van der Waals surface area contributed by atoms with Crippen LogP contribution in [0.3, 0.4) is 0 Å². The van der Waals surface area contributed by atoms with Crippen LogP contribution in [-0.2, 0) is 9.84 Å². The molecule has 1 N–H and O–H groups in total. The van der Waals surface area contributed by atoms with Gasteiger partial charge in [0.25, 0.3) is 0 Å². The van der Waals surface area contributed by atoms with E-state index in [4.69, 9.17) is 11.6 Å². The van der Waals surface area contributed by atoms with Crippen LogP contribution in [0.1, 0.15) is 5.56 Å². The van der Waals surface area contributed by atoms with Crippen LogP contribution in [-0.4, -0.2) is 18.4 Å². The average Bonchev–Trinajstić information content (AvgIpc) is 2.69. The van der Waals surface area contributed by atoms with Gasteiger partial charge in [-0.25, -0.2) is 18.4 Å². The minimum Gasteiger partial charge on any atom is -0.338 e. The minimum atomic E-state index is -3.87. The van der Waals surface area contributed by atoms with Crippen LogP contribution in [0.2, 0.25) is 5.02 Å². The Morgan fingerprint density at radius 1 is 0.821 bits per heavy atom. The number of halogens is 1. The van der Waals surface area contributed by atoms with Gasteiger partial charge in [0.2, 0.25) is 14.9 Å². The molecule has 28 heavy (non-hydrogen) atoms. The van der Waals surface area contributed by atoms with Gasteiger partial charge in [-0.1, -0.05) is 41.4 Å². The van der Waals surface area contributed by atoms with Crippen LogP contribution in [0.25, 0.3) is 11.0 Å². The number of fused-ring (bicyclic) bond motifs is 1. The maximum absolute atomic E-state index is 13.3. The van der Waals surface area contributed by atoms with Crippen LogP contribution in [0.5, 0.6) is 0 Å². The number of hydrogen-bond acceptors (Lipinski definition) is 5. The Kier molecular flexibility index (Phi) is 4.75. The van der Waals surface area contributed by atoms with Crippen molar-refractivity contribution in [3.05, 3.63) is 83.4 Å². The van der Waals surface area contributed by atoms with E-state index in [2.05, 4.69) is 15.3 Å². The van der Waals surface area contributed by atoms with Crippen molar-refractivity contribution in [3.63, 3.8) is 0 Å². The molecular weight excluding hydrogens is 394 g/mol. The molecule has 4 rings (SSSR count). The molecule has 0 aliphatic rings. The van der Waals surface area contributed by atoms with E-state index in [1.165, 1.54) is 0 Å². The van der Waals surface area contributed by atoms with Crippen molar-refractivity contribution in [1.29, 1.82) is 0 Å². The molecule has 0 aliphatic heterocycles. The second kappa shape index (κ2) is 7.22. The number of rotatable bonds is 4. The lowest BCUT2D eigenvalue weighted by Crippen LogP contribution is -2.10. The number of nitrogens with zero attached hydrogens (tertiary/aromatic N) is 2. The van der Waals surface area contributed by atoms with Gasteiger partial charge in [0.1, 0.15) is 0 Å². The molecule has 0 unspecified atom stereocenters. The second-order valence-corrected chi connectivity index (χ2v) is 8.62. The van der Waals surface area contributed by atoms with Crippen LogP contribution >= 0.6 is 11.6 Å². The molecule has 3 aromatic carbocycles. The Balaban J connectivity index is 1.90. The summed E-state index contributed by atoms with van der Waals surface area (Å²) in [4.78, 5) is 9.11. The SMILES string of the molecule is Cc1ccc(S(=O)(=O)c2nc3ccccc3nc2Nc2ccc(Cl)cc2)cc1. The molecule has 1 aromatic heterocycles. The summed E-state index contributed by atoms with van der Waals surface area (Å²) in [6, 6.07) is 20.8. The Bertz CT molecular complexity index is 1260. The van der Waals surface area contributed by atoms with Gasteiger partial charge in [0.05, 0.1) is 15.9 Å². The van der Waals surface area contributed by atoms with Crippen LogP contribution in [0.15, 0.2) is 82.7 Å². The topological polar surface area (TPSA) is 72.0 Å². The van der Waals surface area contributed by atoms with E-state index in [-0.39, 0.29) is 15.7 Å². The molecule has 0 saturated heterocycles. The quantitative estimate of drug-likeness (QED) is 0.503. The number of hydrogen-bond donors (Lipinski definition) is 1. The van der Waals surface area contributed by atoms with E-state index in [0.29, 0.717) is 21.7 Å². The van der Waals surface area contributed by atoms with Crippen molar-refractivity contribution in [2.75, 3.05) is 5.32 Å². The molecule has 4 aromatic rings. The summed E-state index contributed by atoms with van der Waals surface area (Å²) in [6.45, 7) is 1.90. The Morgan fingerprint density at radius 3 is 2.07 bits per heavy atom. The van der Waals surface area contributed by atoms with Crippen molar-refractivity contribution >= 4 is 44.0 Å². The fraction of sp³-hybridized carbons (Fsp3) is 0.0476. The highest BCUT2D eigenvalue weighted by atomic mass is 35.5. The number of benzene rings is 3. The van der Waals surface area contributed by atoms with Crippen molar-refractivity contribution < 1.29 is 8.42 Å². The third kappa shape index (κ3) is 3.56. The summed E-state index contributed by atoms with van der Waals surface area (Å²) in [6.07, 6.45) is 0. The molecular formula is C21H16ClN3O2S. The summed E-state index contributed by atoms with van der Waals surface area (Å²) in [5.74, 6) is 0.168. The van der Waals surface area contributed by atoms with E-state index < -0.39 is 9.84 Å². The van der Waals surface area contributed by atoms with Crippen LogP contribution < -0.4 is 5.32 Å². The average molecular weight is 410 g/mol. The molecule has 0 spiro atoms. The van der Waals surface area contributed by atoms with Gasteiger partial charge in [0, 0.05) is 10.7 Å². The first-order chi connectivity index (χ1) is 13.4. The lowest BCUT2D eigenvalue weighted by Gasteiger charge is -2.13. The number of sulfone groups is 1. The van der Waals surface area contributed by atoms with E-state index in [1.54, 1.807) is 66.7 Å². The number of para-hydroxylation sites is 2. The zero-order valence-corrected chi connectivity index (χ0v) is 16.5. The first kappa shape index (κ1) is 18.4. The summed E-state index contributed by atoms with van der Waals surface area (Å²) < 4.78 is 26.6. The zero-order chi connectivity index (χ0) is 19.7. The molecule has 1 heterocycles. The van der Waals surface area contributed by atoms with Crippen LogP contribution in [0, 0.1) is 6.92 Å². The van der Waals surface area contributed by atoms with E-state index >= 15 is 0 Å². The molecule has 0 amide bonds. The normalized spacial score (nSPS) is 11.5. The Hall–Kier alpha value is -2.96. The molecule has 7 heteroatoms. The first-order valence-electron chi connectivity index (χ1n) is 8.55. The first-order valence-corrected chi connectivity index (χ1v) is 10.4. The van der Waals surface area contributed by atoms with Crippen LogP contribution in [0.4, 0.5) is 11.5 Å². The summed E-state index contributed by atoms with van der Waals surface area (Å²) in [5.41, 5.74) is 2.74. The van der Waals surface area contributed by atoms with Gasteiger partial charge >= 0.3 is 0 Å². The summed E-state index contributed by atoms with van der Waals surface area (Å²) in [5, 5.41) is 3.53. The van der Waals surface area contributed by atoms with E-state index in [0.717, 1.165) is 5.56 Å². The van der Waals surface area contributed by atoms with Gasteiger partial charge in [0.15, 0.2) is 5.82 Å². The van der Waals surface area contributed by atoms with Crippen molar-refractivity contribution in [3.8, 4) is 0 Å². The van der Waals surface area contributed by atoms with E-state index in [9.17, 15) is 8.42 Å². The van der Waals surface area contributed by atoms with Crippen molar-refractivity contribution in [1.82, 2.24) is 9.97 Å². The smallest absolute Gasteiger partial charge is 0.227 e. The highest BCUT2D eigenvalue weighted by molar-refractivity contribution is 7.91. The highest BCUT2D eigenvalue weighted by Crippen LogP contribution is 2.29. The molecule has 0 saturated carbocycles. The lowest BCUT2D eigenvalue weighted by molar-refractivity contribution is 0.593. The van der Waals surface area contributed by atoms with Gasteiger partial charge in [-0.05, 0) is 55.5 Å². The summed E-state index contributed by atoms with van der Waals surface area (Å²) in [7, 11) is -3.87. The van der Waals surface area contributed by atoms with E-state index in [1.807, 2.05) is 13.0 Å². The Morgan fingerprint density at radius 2 is 1.43 bits per heavy atom. The molecule has 0 atom stereocenters. The number of anilines is 2. The molecule has 0 aliphatic carbocycles. The third-order valence-electron chi connectivity index (χ3n) is 4.23. The molecule has 140 valence electrons. The Labute approximate surface area is 168 Å². The van der Waals surface area contributed by atoms with Gasteiger partial charge in [-0.2, -0.15) is 0 Å². The van der Waals surface area contributed by atoms with Crippen molar-refractivity contribution in [2.24, 2.45) is 0 Å². The number of nitrogens with one attached hydrogen (secondary N) is 1. The minimum absolute atomic E-state index is 0.120. The largest absolute Gasteiger partial charge is 0.338 e. The van der Waals surface area contributed by atoms with Crippen molar-refractivity contribution in [2.45, 2.75) is 16.8 Å². The third-order valence-corrected chi connectivity index (χ3v) is 6.17. The fourth-order valence-electron chi connectivity index (χ4n) is 2.75. The summed E-state index contributed by atoms with van der Waals surface area (Å²) >= 11 is 5.94. The maximum atomic E-state index is 13.3. The lowest BCUT2D eigenvalue weighted by atomic mass is 10.2. The zero-order valence-electron chi connectivity index (χ0n) is 14.9.